The predicted octanol–water partition coefficient (Wildman–Crippen LogP) is 3.38. The predicted molar refractivity (Wildman–Crippen MR) is 107 cm³/mol. The molecule has 1 N–H and O–H groups in total. The fourth-order valence-corrected chi connectivity index (χ4v) is 3.37. The van der Waals surface area contributed by atoms with Crippen molar-refractivity contribution in [1.82, 2.24) is 15.3 Å². The second-order valence-electron chi connectivity index (χ2n) is 7.19. The molecule has 1 aliphatic heterocycles. The Morgan fingerprint density at radius 1 is 1.19 bits per heavy atom. The number of rotatable bonds is 5. The number of nitrogens with one attached hydrogen (secondary N) is 1. The number of pyridine rings is 2. The Morgan fingerprint density at radius 3 is 2.45 bits per heavy atom. The number of ether oxygens (including phenoxy) is 1. The van der Waals surface area contributed by atoms with Crippen molar-refractivity contribution in [2.45, 2.75) is 38.9 Å². The number of anilines is 1. The maximum atomic E-state index is 12.7. The van der Waals surface area contributed by atoms with Crippen molar-refractivity contribution >= 4 is 17.7 Å². The zero-order chi connectivity index (χ0) is 22.6. The quantitative estimate of drug-likeness (QED) is 0.724. The molecule has 10 heteroatoms. The smallest absolute Gasteiger partial charge is 0.417 e. The molecule has 0 aromatic carbocycles. The fraction of sp³-hybridized carbons (Fsp3) is 0.429. The molecule has 3 rings (SSSR count). The number of halogens is 3. The van der Waals surface area contributed by atoms with Crippen LogP contribution >= 0.6 is 0 Å². The third-order valence-corrected chi connectivity index (χ3v) is 5.04. The van der Waals surface area contributed by atoms with Crippen LogP contribution in [-0.4, -0.2) is 47.6 Å². The van der Waals surface area contributed by atoms with Gasteiger partial charge in [0.1, 0.15) is 11.5 Å². The first-order chi connectivity index (χ1) is 14.7. The molecule has 166 valence electrons. The molecule has 0 saturated carbocycles. The first-order valence-corrected chi connectivity index (χ1v) is 9.93. The first-order valence-electron chi connectivity index (χ1n) is 9.93. The lowest BCUT2D eigenvalue weighted by atomic mass is 10.0. The molecule has 0 bridgehead atoms. The van der Waals surface area contributed by atoms with Gasteiger partial charge in [-0.25, -0.2) is 14.8 Å². The monoisotopic (exact) mass is 436 g/mol. The largest absolute Gasteiger partial charge is 0.462 e. The maximum Gasteiger partial charge on any atom is 0.417 e. The molecule has 7 nitrogen and oxygen atoms in total. The molecule has 2 aromatic heterocycles. The number of hydrogen-bond acceptors (Lipinski definition) is 6. The lowest BCUT2D eigenvalue weighted by Crippen LogP contribution is -2.45. The minimum absolute atomic E-state index is 0.0926. The molecule has 3 heterocycles. The number of piperidine rings is 1. The second kappa shape index (κ2) is 9.32. The number of esters is 1. The van der Waals surface area contributed by atoms with Crippen LogP contribution in [0.1, 0.15) is 51.9 Å². The minimum Gasteiger partial charge on any atom is -0.462 e. The Labute approximate surface area is 177 Å². The number of nitrogens with zero attached hydrogens (tertiary/aromatic N) is 3. The lowest BCUT2D eigenvalue weighted by molar-refractivity contribution is -0.137. The standard InChI is InChI=1S/C21H23F3N4O3/c1-3-31-20(30)16-5-6-17(26-13(16)2)19(29)27-15-8-10-28(11-9-15)18-7-4-14(12-25-18)21(22,23)24/h4-7,12,15H,3,8-11H2,1-2H3,(H,27,29). The van der Waals surface area contributed by atoms with Crippen LogP contribution in [0.3, 0.4) is 0 Å². The maximum absolute atomic E-state index is 12.7. The van der Waals surface area contributed by atoms with Crippen LogP contribution in [-0.2, 0) is 10.9 Å². The molecule has 31 heavy (non-hydrogen) atoms. The number of alkyl halides is 3. The fourth-order valence-electron chi connectivity index (χ4n) is 3.37. The van der Waals surface area contributed by atoms with E-state index in [1.807, 2.05) is 4.90 Å². The summed E-state index contributed by atoms with van der Waals surface area (Å²) >= 11 is 0. The Kier molecular flexibility index (Phi) is 6.77. The van der Waals surface area contributed by atoms with E-state index >= 15 is 0 Å². The first kappa shape index (κ1) is 22.5. The van der Waals surface area contributed by atoms with E-state index in [1.54, 1.807) is 13.8 Å². The summed E-state index contributed by atoms with van der Waals surface area (Å²) in [5.74, 6) is -0.349. The number of amides is 1. The van der Waals surface area contributed by atoms with E-state index in [-0.39, 0.29) is 24.2 Å². The van der Waals surface area contributed by atoms with Crippen LogP contribution < -0.4 is 10.2 Å². The zero-order valence-corrected chi connectivity index (χ0v) is 17.2. The van der Waals surface area contributed by atoms with E-state index in [1.165, 1.54) is 18.2 Å². The molecule has 0 spiro atoms. The number of carbonyl (C=O) groups is 2. The van der Waals surface area contributed by atoms with Crippen molar-refractivity contribution in [2.24, 2.45) is 0 Å². The Balaban J connectivity index is 1.55. The van der Waals surface area contributed by atoms with Crippen molar-refractivity contribution in [2.75, 3.05) is 24.6 Å². The number of aromatic nitrogens is 2. The van der Waals surface area contributed by atoms with Gasteiger partial charge >= 0.3 is 12.1 Å². The summed E-state index contributed by atoms with van der Waals surface area (Å²) in [4.78, 5) is 34.4. The summed E-state index contributed by atoms with van der Waals surface area (Å²) in [6.45, 7) is 4.70. The summed E-state index contributed by atoms with van der Waals surface area (Å²) in [5.41, 5.74) is 0.151. The molecule has 0 radical (unpaired) electrons. The lowest BCUT2D eigenvalue weighted by Gasteiger charge is -2.33. The van der Waals surface area contributed by atoms with Crippen molar-refractivity contribution < 1.29 is 27.5 Å². The molecule has 1 fully saturated rings. The van der Waals surface area contributed by atoms with E-state index < -0.39 is 17.7 Å². The van der Waals surface area contributed by atoms with E-state index in [2.05, 4.69) is 15.3 Å². The summed E-state index contributed by atoms with van der Waals surface area (Å²) in [5, 5.41) is 2.92. The van der Waals surface area contributed by atoms with Crippen molar-refractivity contribution in [1.29, 1.82) is 0 Å². The van der Waals surface area contributed by atoms with Crippen molar-refractivity contribution in [3.63, 3.8) is 0 Å². The zero-order valence-electron chi connectivity index (χ0n) is 17.2. The van der Waals surface area contributed by atoms with Crippen LogP contribution in [0.4, 0.5) is 19.0 Å². The Hall–Kier alpha value is -3.17. The molecular weight excluding hydrogens is 413 g/mol. The molecule has 0 atom stereocenters. The topological polar surface area (TPSA) is 84.4 Å². The van der Waals surface area contributed by atoms with Gasteiger partial charge in [0.2, 0.25) is 0 Å². The van der Waals surface area contributed by atoms with Crippen LogP contribution in [0, 0.1) is 6.92 Å². The molecule has 0 unspecified atom stereocenters. The second-order valence-corrected chi connectivity index (χ2v) is 7.19. The highest BCUT2D eigenvalue weighted by Crippen LogP contribution is 2.29. The van der Waals surface area contributed by atoms with Crippen LogP contribution in [0.15, 0.2) is 30.5 Å². The van der Waals surface area contributed by atoms with E-state index in [0.717, 1.165) is 12.3 Å². The van der Waals surface area contributed by atoms with Gasteiger partial charge < -0.3 is 15.0 Å². The molecular formula is C21H23F3N4O3. The number of aryl methyl sites for hydroxylation is 1. The third kappa shape index (κ3) is 5.50. The van der Waals surface area contributed by atoms with Gasteiger partial charge in [0.05, 0.1) is 23.4 Å². The van der Waals surface area contributed by atoms with E-state index in [9.17, 15) is 22.8 Å². The Morgan fingerprint density at radius 2 is 1.90 bits per heavy atom. The van der Waals surface area contributed by atoms with E-state index in [4.69, 9.17) is 4.74 Å². The van der Waals surface area contributed by atoms with Crippen LogP contribution in [0.5, 0.6) is 0 Å². The SMILES string of the molecule is CCOC(=O)c1ccc(C(=O)NC2CCN(c3ccc(C(F)(F)F)cn3)CC2)nc1C. The van der Waals surface area contributed by atoms with Gasteiger partial charge in [-0.15, -0.1) is 0 Å². The van der Waals surface area contributed by atoms with E-state index in [0.29, 0.717) is 43.0 Å². The molecule has 1 amide bonds. The van der Waals surface area contributed by atoms with Gasteiger partial charge in [0.25, 0.3) is 5.91 Å². The number of carbonyl (C=O) groups excluding carboxylic acids is 2. The summed E-state index contributed by atoms with van der Waals surface area (Å²) in [6.07, 6.45) is -2.34. The van der Waals surface area contributed by atoms with Crippen LogP contribution in [0.2, 0.25) is 0 Å². The molecule has 2 aromatic rings. The van der Waals surface area contributed by atoms with Crippen molar-refractivity contribution in [3.05, 3.63) is 53.0 Å². The van der Waals surface area contributed by atoms with Gasteiger partial charge in [0.15, 0.2) is 0 Å². The highest BCUT2D eigenvalue weighted by Gasteiger charge is 2.31. The highest BCUT2D eigenvalue weighted by atomic mass is 19.4. The summed E-state index contributed by atoms with van der Waals surface area (Å²) in [6, 6.07) is 5.29. The average molecular weight is 436 g/mol. The van der Waals surface area contributed by atoms with Gasteiger partial charge in [-0.05, 0) is 51.0 Å². The summed E-state index contributed by atoms with van der Waals surface area (Å²) < 4.78 is 43.0. The van der Waals surface area contributed by atoms with Gasteiger partial charge in [-0.2, -0.15) is 13.2 Å². The molecule has 1 aliphatic rings. The average Bonchev–Trinajstić information content (AvgIpc) is 2.74. The number of hydrogen-bond donors (Lipinski definition) is 1. The molecule has 1 saturated heterocycles. The van der Waals surface area contributed by atoms with Crippen molar-refractivity contribution in [3.8, 4) is 0 Å². The third-order valence-electron chi connectivity index (χ3n) is 5.04. The highest BCUT2D eigenvalue weighted by molar-refractivity contribution is 5.95. The van der Waals surface area contributed by atoms with Gasteiger partial charge in [-0.3, -0.25) is 4.79 Å². The summed E-state index contributed by atoms with van der Waals surface area (Å²) in [7, 11) is 0. The minimum atomic E-state index is -4.41. The van der Waals surface area contributed by atoms with Gasteiger partial charge in [0, 0.05) is 25.3 Å². The normalized spacial score (nSPS) is 14.9. The van der Waals surface area contributed by atoms with Gasteiger partial charge in [-0.1, -0.05) is 0 Å². The molecule has 0 aliphatic carbocycles. The van der Waals surface area contributed by atoms with Crippen LogP contribution in [0.25, 0.3) is 0 Å². The Bertz CT molecular complexity index is 940.